The lowest BCUT2D eigenvalue weighted by Crippen LogP contribution is -2.25. The molecular weight excluding hydrogens is 292 g/mol. The highest BCUT2D eigenvalue weighted by molar-refractivity contribution is 7.74. The number of aliphatic hydroxyl groups excluding tert-OH is 1. The van der Waals surface area contributed by atoms with Crippen LogP contribution < -0.4 is 0 Å². The zero-order valence-corrected chi connectivity index (χ0v) is 14.1. The van der Waals surface area contributed by atoms with Crippen molar-refractivity contribution in [2.75, 3.05) is 19.8 Å². The average Bonchev–Trinajstić information content (AvgIpc) is 2.47. The van der Waals surface area contributed by atoms with E-state index in [-0.39, 0.29) is 13.2 Å². The van der Waals surface area contributed by atoms with Crippen molar-refractivity contribution in [2.24, 2.45) is 0 Å². The summed E-state index contributed by atoms with van der Waals surface area (Å²) >= 11 is -2.30. The third kappa shape index (κ3) is 16.2. The molecular formula is C15H32O5S. The van der Waals surface area contributed by atoms with Crippen molar-refractivity contribution < 1.29 is 22.8 Å². The van der Waals surface area contributed by atoms with Crippen molar-refractivity contribution in [2.45, 2.75) is 77.2 Å². The van der Waals surface area contributed by atoms with Crippen LogP contribution >= 0.6 is 0 Å². The largest absolute Gasteiger partial charge is 0.394 e. The Labute approximate surface area is 131 Å². The second-order valence-corrected chi connectivity index (χ2v) is 6.03. The van der Waals surface area contributed by atoms with Crippen molar-refractivity contribution in [1.29, 1.82) is 0 Å². The molecule has 0 fully saturated rings. The first-order valence-electron chi connectivity index (χ1n) is 8.17. The molecule has 2 N–H and O–H groups in total. The molecule has 0 heterocycles. The van der Waals surface area contributed by atoms with Gasteiger partial charge in [-0.3, -0.25) is 8.74 Å². The second-order valence-electron chi connectivity index (χ2n) is 5.36. The monoisotopic (exact) mass is 324 g/mol. The first-order chi connectivity index (χ1) is 10.2. The molecule has 128 valence electrons. The van der Waals surface area contributed by atoms with E-state index in [9.17, 15) is 4.21 Å². The maximum atomic E-state index is 10.3. The van der Waals surface area contributed by atoms with Crippen molar-refractivity contribution in [3.63, 3.8) is 0 Å². The maximum Gasteiger partial charge on any atom is 0.301 e. The van der Waals surface area contributed by atoms with Crippen molar-refractivity contribution in [3.8, 4) is 0 Å². The predicted molar refractivity (Wildman–Crippen MR) is 85.4 cm³/mol. The van der Waals surface area contributed by atoms with E-state index in [0.717, 1.165) is 12.8 Å². The molecule has 0 aromatic heterocycles. The van der Waals surface area contributed by atoms with Gasteiger partial charge in [-0.2, -0.15) is 4.21 Å². The molecule has 6 heteroatoms. The van der Waals surface area contributed by atoms with Crippen molar-refractivity contribution in [1.82, 2.24) is 0 Å². The molecule has 0 aliphatic rings. The van der Waals surface area contributed by atoms with E-state index in [0.29, 0.717) is 6.61 Å². The van der Waals surface area contributed by atoms with E-state index in [1.807, 2.05) is 0 Å². The number of ether oxygens (including phenoxy) is 1. The smallest absolute Gasteiger partial charge is 0.301 e. The van der Waals surface area contributed by atoms with Gasteiger partial charge < -0.3 is 9.84 Å². The van der Waals surface area contributed by atoms with Gasteiger partial charge in [-0.25, -0.2) is 0 Å². The Morgan fingerprint density at radius 3 is 1.95 bits per heavy atom. The fourth-order valence-electron chi connectivity index (χ4n) is 2.13. The number of hydrogen-bond acceptors (Lipinski definition) is 4. The van der Waals surface area contributed by atoms with Crippen LogP contribution in [-0.4, -0.2) is 39.8 Å². The molecule has 0 aromatic rings. The van der Waals surface area contributed by atoms with Crippen LogP contribution in [-0.2, 0) is 20.3 Å². The quantitative estimate of drug-likeness (QED) is 0.336. The second kappa shape index (κ2) is 16.4. The summed E-state index contributed by atoms with van der Waals surface area (Å²) in [6.45, 7) is 2.54. The summed E-state index contributed by atoms with van der Waals surface area (Å²) in [6, 6.07) is 0. The Morgan fingerprint density at radius 1 is 0.952 bits per heavy atom. The van der Waals surface area contributed by atoms with E-state index in [2.05, 4.69) is 11.1 Å². The van der Waals surface area contributed by atoms with E-state index in [1.54, 1.807) is 0 Å². The lowest BCUT2D eigenvalue weighted by atomic mass is 10.1. The molecule has 0 rings (SSSR count). The highest BCUT2D eigenvalue weighted by Crippen LogP contribution is 2.10. The van der Waals surface area contributed by atoms with Gasteiger partial charge in [-0.1, -0.05) is 64.7 Å². The molecule has 0 aliphatic heterocycles. The molecule has 0 aliphatic carbocycles. The van der Waals surface area contributed by atoms with Crippen molar-refractivity contribution >= 4 is 11.4 Å². The number of rotatable bonds is 16. The Bertz CT molecular complexity index is 238. The third-order valence-corrected chi connectivity index (χ3v) is 3.75. The molecule has 0 saturated heterocycles. The first-order valence-corrected chi connectivity index (χ1v) is 9.20. The van der Waals surface area contributed by atoms with E-state index in [1.165, 1.54) is 51.4 Å². The Balaban J connectivity index is 3.24. The zero-order chi connectivity index (χ0) is 15.8. The van der Waals surface area contributed by atoms with Gasteiger partial charge in [0.25, 0.3) is 0 Å². The fraction of sp³-hybridized carbons (Fsp3) is 1.00. The van der Waals surface area contributed by atoms with Gasteiger partial charge in [0.05, 0.1) is 13.2 Å². The van der Waals surface area contributed by atoms with Crippen LogP contribution in [0.3, 0.4) is 0 Å². The van der Waals surface area contributed by atoms with E-state index < -0.39 is 17.5 Å². The van der Waals surface area contributed by atoms with E-state index in [4.69, 9.17) is 14.4 Å². The van der Waals surface area contributed by atoms with Gasteiger partial charge in [0.2, 0.25) is 0 Å². The van der Waals surface area contributed by atoms with Crippen LogP contribution in [0.1, 0.15) is 71.1 Å². The maximum absolute atomic E-state index is 10.3. The zero-order valence-electron chi connectivity index (χ0n) is 13.3. The standard InChI is InChI=1S/C15H32O5S/c1-2-3-4-5-6-7-8-9-10-11-12-19-15(13-16)14-20-21(17)18/h15-16H,2-14H2,1H3,(H,17,18). The molecule has 2 unspecified atom stereocenters. The fourth-order valence-corrected chi connectivity index (χ4v) is 2.40. The van der Waals surface area contributed by atoms with Crippen LogP contribution in [0, 0.1) is 0 Å². The third-order valence-electron chi connectivity index (χ3n) is 3.41. The van der Waals surface area contributed by atoms with Crippen LogP contribution in [0.15, 0.2) is 0 Å². The topological polar surface area (TPSA) is 76.0 Å². The number of unbranched alkanes of at least 4 members (excludes halogenated alkanes) is 9. The lowest BCUT2D eigenvalue weighted by molar-refractivity contribution is -0.0139. The van der Waals surface area contributed by atoms with Gasteiger partial charge in [0, 0.05) is 6.61 Å². The summed E-state index contributed by atoms with van der Waals surface area (Å²) in [4.78, 5) is 0. The first kappa shape index (κ1) is 21.0. The Hall–Kier alpha value is -0.0100. The van der Waals surface area contributed by atoms with Crippen LogP contribution in [0.2, 0.25) is 0 Å². The van der Waals surface area contributed by atoms with Gasteiger partial charge in [0.1, 0.15) is 6.10 Å². The van der Waals surface area contributed by atoms with Crippen LogP contribution in [0.5, 0.6) is 0 Å². The minimum Gasteiger partial charge on any atom is -0.394 e. The lowest BCUT2D eigenvalue weighted by Gasteiger charge is -2.13. The van der Waals surface area contributed by atoms with Crippen molar-refractivity contribution in [3.05, 3.63) is 0 Å². The van der Waals surface area contributed by atoms with Gasteiger partial charge in [0.15, 0.2) is 0 Å². The summed E-state index contributed by atoms with van der Waals surface area (Å²) in [5.41, 5.74) is 0. The van der Waals surface area contributed by atoms with Crippen LogP contribution in [0.25, 0.3) is 0 Å². The SMILES string of the molecule is CCCCCCCCCCCCOC(CO)COS(=O)O. The summed E-state index contributed by atoms with van der Waals surface area (Å²) in [6.07, 6.45) is 12.1. The number of hydrogen-bond donors (Lipinski definition) is 2. The van der Waals surface area contributed by atoms with Gasteiger partial charge >= 0.3 is 11.4 Å². The van der Waals surface area contributed by atoms with Crippen LogP contribution in [0.4, 0.5) is 0 Å². The highest BCUT2D eigenvalue weighted by Gasteiger charge is 2.09. The molecule has 0 aromatic carbocycles. The van der Waals surface area contributed by atoms with Gasteiger partial charge in [-0.15, -0.1) is 0 Å². The summed E-state index contributed by atoms with van der Waals surface area (Å²) in [7, 11) is 0. The normalized spacial score (nSPS) is 14.2. The highest BCUT2D eigenvalue weighted by atomic mass is 32.2. The summed E-state index contributed by atoms with van der Waals surface area (Å²) in [5, 5.41) is 9.01. The molecule has 0 saturated carbocycles. The minimum atomic E-state index is -2.30. The Kier molecular flexibility index (Phi) is 16.4. The molecule has 0 spiro atoms. The summed E-state index contributed by atoms with van der Waals surface area (Å²) < 4.78 is 28.7. The molecule has 2 atom stereocenters. The molecule has 0 bridgehead atoms. The molecule has 0 amide bonds. The van der Waals surface area contributed by atoms with E-state index >= 15 is 0 Å². The minimum absolute atomic E-state index is 0.0582. The summed E-state index contributed by atoms with van der Waals surface area (Å²) in [5.74, 6) is 0. The average molecular weight is 324 g/mol. The Morgan fingerprint density at radius 2 is 1.48 bits per heavy atom. The molecule has 0 radical (unpaired) electrons. The van der Waals surface area contributed by atoms with Gasteiger partial charge in [-0.05, 0) is 6.42 Å². The number of aliphatic hydroxyl groups is 1. The molecule has 5 nitrogen and oxygen atoms in total. The predicted octanol–water partition coefficient (Wildman–Crippen LogP) is 3.44. The molecule has 21 heavy (non-hydrogen) atoms.